The van der Waals surface area contributed by atoms with E-state index in [0.29, 0.717) is 5.56 Å². The third kappa shape index (κ3) is 3.99. The Morgan fingerprint density at radius 2 is 1.74 bits per heavy atom. The molecular formula is C27H27ClO10. The second-order valence-electron chi connectivity index (χ2n) is 9.02. The molecule has 0 saturated heterocycles. The number of Topliss-reactive ketones (excluding diaryl/α,β-unsaturated/α-hetero) is 2. The van der Waals surface area contributed by atoms with E-state index in [4.69, 9.17) is 35.3 Å². The number of hydrogen-bond donors (Lipinski definition) is 2. The van der Waals surface area contributed by atoms with Crippen molar-refractivity contribution >= 4 is 29.1 Å². The zero-order valence-electron chi connectivity index (χ0n) is 21.4. The van der Waals surface area contributed by atoms with E-state index < -0.39 is 40.7 Å². The molecule has 1 spiro atoms. The van der Waals surface area contributed by atoms with Gasteiger partial charge in [-0.3, -0.25) is 14.4 Å². The van der Waals surface area contributed by atoms with Gasteiger partial charge in [-0.05, 0) is 17.7 Å². The number of aliphatic hydroxyl groups excluding tert-OH is 1. The van der Waals surface area contributed by atoms with Crippen LogP contribution in [0.3, 0.4) is 0 Å². The number of benzene rings is 2. The van der Waals surface area contributed by atoms with E-state index in [1.54, 1.807) is 6.92 Å². The van der Waals surface area contributed by atoms with E-state index >= 15 is 0 Å². The quantitative estimate of drug-likeness (QED) is 0.487. The van der Waals surface area contributed by atoms with Crippen molar-refractivity contribution in [3.8, 4) is 28.7 Å². The van der Waals surface area contributed by atoms with Crippen LogP contribution in [0.5, 0.6) is 28.7 Å². The lowest BCUT2D eigenvalue weighted by atomic mass is 9.69. The van der Waals surface area contributed by atoms with Crippen LogP contribution in [0.4, 0.5) is 0 Å². The third-order valence-electron chi connectivity index (χ3n) is 7.06. The number of halogens is 1. The summed E-state index contributed by atoms with van der Waals surface area (Å²) in [7, 11) is 5.29. The number of fused-ring (bicyclic) bond motifs is 1. The zero-order chi connectivity index (χ0) is 27.9. The number of ether oxygens (including phenoxy) is 5. The van der Waals surface area contributed by atoms with Gasteiger partial charge in [-0.2, -0.15) is 0 Å². The van der Waals surface area contributed by atoms with E-state index in [2.05, 4.69) is 0 Å². The van der Waals surface area contributed by atoms with Gasteiger partial charge in [0.2, 0.25) is 11.4 Å². The number of rotatable bonds is 7. The van der Waals surface area contributed by atoms with Gasteiger partial charge in [-0.25, -0.2) is 0 Å². The molecule has 11 heteroatoms. The molecule has 10 nitrogen and oxygen atoms in total. The van der Waals surface area contributed by atoms with Crippen LogP contribution < -0.4 is 18.9 Å². The van der Waals surface area contributed by atoms with Gasteiger partial charge < -0.3 is 33.9 Å². The molecule has 0 fully saturated rings. The number of phenolic OH excluding ortho intramolecular Hbond substituents is 1. The summed E-state index contributed by atoms with van der Waals surface area (Å²) in [5.74, 6) is -4.10. The predicted octanol–water partition coefficient (Wildman–Crippen LogP) is 4.15. The zero-order valence-corrected chi connectivity index (χ0v) is 22.2. The van der Waals surface area contributed by atoms with Gasteiger partial charge in [-0.1, -0.05) is 24.6 Å². The summed E-state index contributed by atoms with van der Waals surface area (Å²) in [5, 5.41) is 21.8. The second kappa shape index (κ2) is 10.1. The summed E-state index contributed by atoms with van der Waals surface area (Å²) < 4.78 is 26.9. The Kier molecular flexibility index (Phi) is 7.20. The number of esters is 1. The van der Waals surface area contributed by atoms with Gasteiger partial charge in [-0.15, -0.1) is 0 Å². The maximum absolute atomic E-state index is 14.0. The molecule has 0 amide bonds. The molecule has 202 valence electrons. The fraction of sp³-hybridized carbons (Fsp3) is 0.370. The normalized spacial score (nSPS) is 21.2. The molecule has 1 heterocycles. The molecular weight excluding hydrogens is 520 g/mol. The van der Waals surface area contributed by atoms with Crippen molar-refractivity contribution in [3.05, 3.63) is 51.7 Å². The Hall–Kier alpha value is -3.92. The van der Waals surface area contributed by atoms with Crippen molar-refractivity contribution in [2.24, 2.45) is 5.92 Å². The Morgan fingerprint density at radius 1 is 1.08 bits per heavy atom. The first kappa shape index (κ1) is 27.1. The minimum atomic E-state index is -2.01. The number of carbonyl (C=O) groups excluding carboxylic acids is 3. The van der Waals surface area contributed by atoms with Crippen LogP contribution in [0.2, 0.25) is 5.02 Å². The molecule has 2 aliphatic rings. The third-order valence-corrected chi connectivity index (χ3v) is 7.42. The van der Waals surface area contributed by atoms with Crippen molar-refractivity contribution in [3.63, 3.8) is 0 Å². The molecule has 1 aliphatic heterocycles. The van der Waals surface area contributed by atoms with Gasteiger partial charge in [0.15, 0.2) is 28.8 Å². The molecule has 1 aliphatic carbocycles. The molecule has 4 rings (SSSR count). The Balaban J connectivity index is 1.96. The van der Waals surface area contributed by atoms with Crippen molar-refractivity contribution in [2.45, 2.75) is 31.3 Å². The summed E-state index contributed by atoms with van der Waals surface area (Å²) in [6.07, 6.45) is -0.526. The Morgan fingerprint density at radius 3 is 2.34 bits per heavy atom. The highest BCUT2D eigenvalue weighted by Gasteiger charge is 2.61. The van der Waals surface area contributed by atoms with Gasteiger partial charge in [0.25, 0.3) is 0 Å². The largest absolute Gasteiger partial charge is 0.507 e. The maximum Gasteiger partial charge on any atom is 0.306 e. The van der Waals surface area contributed by atoms with Crippen LogP contribution in [0.1, 0.15) is 41.6 Å². The average Bonchev–Trinajstić information content (AvgIpc) is 3.22. The number of allylic oxidation sites excluding steroid dienone is 1. The van der Waals surface area contributed by atoms with Crippen LogP contribution in [0.15, 0.2) is 35.6 Å². The molecule has 0 unspecified atom stereocenters. The fourth-order valence-corrected chi connectivity index (χ4v) is 5.35. The van der Waals surface area contributed by atoms with E-state index in [9.17, 15) is 24.6 Å². The molecule has 3 atom stereocenters. The first-order valence-corrected chi connectivity index (χ1v) is 12.0. The lowest BCUT2D eigenvalue weighted by Gasteiger charge is -2.38. The SMILES string of the molecule is COC(=O)C[C@@H](C1=C(O)[C@@]2(Oc3c(Cl)c(OC)cc(OC)c3C2=O)[C@H](C)CC1=O)c1ccc(O)c(OC)c1. The van der Waals surface area contributed by atoms with Crippen molar-refractivity contribution in [1.82, 2.24) is 0 Å². The standard InChI is InChI=1S/C27H27ClO10/c1-12-8-16(30)21(14(10-20(31)37-5)13-6-7-15(29)17(9-13)34-2)25(32)27(12)26(33)22-18(35-3)11-19(36-4)23(28)24(22)38-27/h6-7,9,11-12,14,29,32H,8,10H2,1-5H3/t12-,14-,27+/m1/s1. The number of aliphatic hydroxyl groups is 1. The monoisotopic (exact) mass is 546 g/mol. The molecule has 2 aromatic rings. The minimum absolute atomic E-state index is 0.00113. The van der Waals surface area contributed by atoms with E-state index in [-0.39, 0.29) is 57.7 Å². The highest BCUT2D eigenvalue weighted by molar-refractivity contribution is 6.35. The maximum atomic E-state index is 14.0. The highest BCUT2D eigenvalue weighted by Crippen LogP contribution is 2.56. The van der Waals surface area contributed by atoms with E-state index in [1.807, 2.05) is 0 Å². The number of aromatic hydroxyl groups is 1. The highest BCUT2D eigenvalue weighted by atomic mass is 35.5. The van der Waals surface area contributed by atoms with Crippen molar-refractivity contribution < 1.29 is 48.3 Å². The van der Waals surface area contributed by atoms with Crippen LogP contribution in [-0.2, 0) is 14.3 Å². The Labute approximate surface area is 223 Å². The average molecular weight is 547 g/mol. The van der Waals surface area contributed by atoms with Gasteiger partial charge >= 0.3 is 5.97 Å². The summed E-state index contributed by atoms with van der Waals surface area (Å²) in [5.41, 5.74) is -1.83. The molecule has 38 heavy (non-hydrogen) atoms. The van der Waals surface area contributed by atoms with Gasteiger partial charge in [0, 0.05) is 29.9 Å². The predicted molar refractivity (Wildman–Crippen MR) is 135 cm³/mol. The summed E-state index contributed by atoms with van der Waals surface area (Å²) in [4.78, 5) is 39.9. The molecule has 2 aromatic carbocycles. The first-order valence-electron chi connectivity index (χ1n) is 11.6. The molecule has 0 bridgehead atoms. The van der Waals surface area contributed by atoms with Crippen molar-refractivity contribution in [1.29, 1.82) is 0 Å². The van der Waals surface area contributed by atoms with Crippen molar-refractivity contribution in [2.75, 3.05) is 28.4 Å². The first-order chi connectivity index (χ1) is 18.0. The second-order valence-corrected chi connectivity index (χ2v) is 9.40. The summed E-state index contributed by atoms with van der Waals surface area (Å²) >= 11 is 6.48. The fourth-order valence-electron chi connectivity index (χ4n) is 5.09. The number of hydrogen-bond acceptors (Lipinski definition) is 10. The van der Waals surface area contributed by atoms with Gasteiger partial charge in [0.05, 0.1) is 34.9 Å². The molecule has 0 radical (unpaired) electrons. The number of ketones is 2. The summed E-state index contributed by atoms with van der Waals surface area (Å²) in [6.45, 7) is 1.60. The van der Waals surface area contributed by atoms with E-state index in [1.165, 1.54) is 52.7 Å². The van der Waals surface area contributed by atoms with E-state index in [0.717, 1.165) is 0 Å². The molecule has 0 saturated carbocycles. The summed E-state index contributed by atoms with van der Waals surface area (Å²) in [6, 6.07) is 5.70. The number of methoxy groups -OCH3 is 4. The smallest absolute Gasteiger partial charge is 0.306 e. The van der Waals surface area contributed by atoms with Crippen LogP contribution in [-0.4, -0.2) is 61.8 Å². The molecule has 2 N–H and O–H groups in total. The minimum Gasteiger partial charge on any atom is -0.507 e. The van der Waals surface area contributed by atoms with Gasteiger partial charge in [0.1, 0.15) is 22.1 Å². The number of carbonyl (C=O) groups is 3. The molecule has 0 aromatic heterocycles. The Bertz CT molecular complexity index is 1360. The number of phenols is 1. The lowest BCUT2D eigenvalue weighted by molar-refractivity contribution is -0.140. The van der Waals surface area contributed by atoms with Crippen LogP contribution in [0, 0.1) is 5.92 Å². The topological polar surface area (TPSA) is 138 Å². The van der Waals surface area contributed by atoms with Crippen LogP contribution >= 0.6 is 11.6 Å². The van der Waals surface area contributed by atoms with Crippen LogP contribution in [0.25, 0.3) is 0 Å². The lowest BCUT2D eigenvalue weighted by Crippen LogP contribution is -2.53.